The van der Waals surface area contributed by atoms with E-state index < -0.39 is 5.87 Å². The zero-order chi connectivity index (χ0) is 6.69. The van der Waals surface area contributed by atoms with Crippen LogP contribution in [0.4, 0.5) is 4.79 Å². The lowest BCUT2D eigenvalue weighted by Gasteiger charge is -1.98. The molecule has 0 N–H and O–H groups in total. The van der Waals surface area contributed by atoms with E-state index in [1.165, 1.54) is 0 Å². The van der Waals surface area contributed by atoms with Crippen LogP contribution in [0.25, 0.3) is 0 Å². The average molecular weight is 122 g/mol. The van der Waals surface area contributed by atoms with E-state index in [9.17, 15) is 4.79 Å². The summed E-state index contributed by atoms with van der Waals surface area (Å²) in [4.78, 5) is 10.1. The lowest BCUT2D eigenvalue weighted by molar-refractivity contribution is 0.201. The summed E-state index contributed by atoms with van der Waals surface area (Å²) in [7, 11) is 4.77. The number of hydrogen-bond acceptors (Lipinski definition) is 2. The second-order valence-corrected chi connectivity index (χ2v) is 1.98. The lowest BCUT2D eigenvalue weighted by Crippen LogP contribution is -1.98. The van der Waals surface area contributed by atoms with Crippen LogP contribution in [0.3, 0.4) is 0 Å². The standard InChI is InChI=1S/C6H7BO2/c7-6(8)9-5-3-1-2-4-5/h3H,1-2,4H2. The average Bonchev–Trinajstić information content (AvgIpc) is 2.15. The Morgan fingerprint density at radius 1 is 1.78 bits per heavy atom. The Hall–Kier alpha value is -0.725. The minimum Gasteiger partial charge on any atom is -0.440 e. The number of carbonyl (C=O) groups is 1. The summed E-state index contributed by atoms with van der Waals surface area (Å²) in [6, 6.07) is 0. The van der Waals surface area contributed by atoms with Crippen LogP contribution in [0.5, 0.6) is 0 Å². The molecule has 0 aromatic carbocycles. The van der Waals surface area contributed by atoms with E-state index in [-0.39, 0.29) is 0 Å². The van der Waals surface area contributed by atoms with E-state index in [1.807, 2.05) is 6.08 Å². The molecule has 0 fully saturated rings. The van der Waals surface area contributed by atoms with Crippen LogP contribution < -0.4 is 0 Å². The predicted octanol–water partition coefficient (Wildman–Crippen LogP) is 1.36. The van der Waals surface area contributed by atoms with Crippen molar-refractivity contribution in [3.63, 3.8) is 0 Å². The fourth-order valence-corrected chi connectivity index (χ4v) is 0.863. The molecule has 1 rings (SSSR count). The first kappa shape index (κ1) is 6.40. The molecule has 0 spiro atoms. The van der Waals surface area contributed by atoms with Gasteiger partial charge in [0.25, 0.3) is 0 Å². The number of allylic oxidation sites excluding steroid dienone is 2. The van der Waals surface area contributed by atoms with Crippen molar-refractivity contribution in [2.75, 3.05) is 0 Å². The van der Waals surface area contributed by atoms with Gasteiger partial charge in [-0.25, -0.2) is 0 Å². The van der Waals surface area contributed by atoms with Crippen molar-refractivity contribution in [2.45, 2.75) is 19.3 Å². The third-order valence-electron chi connectivity index (χ3n) is 1.23. The van der Waals surface area contributed by atoms with Gasteiger partial charge >= 0.3 is 0 Å². The van der Waals surface area contributed by atoms with Crippen molar-refractivity contribution in [3.05, 3.63) is 11.8 Å². The van der Waals surface area contributed by atoms with Crippen LogP contribution in [0.1, 0.15) is 19.3 Å². The predicted molar refractivity (Wildman–Crippen MR) is 34.2 cm³/mol. The molecule has 0 aromatic heterocycles. The van der Waals surface area contributed by atoms with Gasteiger partial charge in [-0.05, 0) is 18.9 Å². The molecule has 1 aliphatic rings. The summed E-state index contributed by atoms with van der Waals surface area (Å²) in [6.07, 6.45) is 4.82. The molecule has 0 bridgehead atoms. The van der Waals surface area contributed by atoms with Gasteiger partial charge in [0, 0.05) is 6.42 Å². The summed E-state index contributed by atoms with van der Waals surface area (Å²) in [5.41, 5.74) is 0. The normalized spacial score (nSPS) is 17.1. The molecule has 2 radical (unpaired) electrons. The second-order valence-electron chi connectivity index (χ2n) is 1.98. The molecular formula is C6H7BO2. The molecule has 0 unspecified atom stereocenters. The first-order valence-electron chi connectivity index (χ1n) is 2.95. The summed E-state index contributed by atoms with van der Waals surface area (Å²) >= 11 is 0. The van der Waals surface area contributed by atoms with Gasteiger partial charge in [-0.2, -0.15) is 0 Å². The molecular weight excluding hydrogens is 115 g/mol. The van der Waals surface area contributed by atoms with Crippen LogP contribution in [0.15, 0.2) is 11.8 Å². The molecule has 0 saturated carbocycles. The Morgan fingerprint density at radius 2 is 2.56 bits per heavy atom. The number of rotatable bonds is 1. The van der Waals surface area contributed by atoms with Crippen LogP contribution in [-0.4, -0.2) is 13.7 Å². The highest BCUT2D eigenvalue weighted by Crippen LogP contribution is 2.17. The van der Waals surface area contributed by atoms with Crippen molar-refractivity contribution in [3.8, 4) is 0 Å². The van der Waals surface area contributed by atoms with Gasteiger partial charge in [-0.15, -0.1) is 0 Å². The van der Waals surface area contributed by atoms with Gasteiger partial charge in [0.05, 0.1) is 0 Å². The first-order valence-corrected chi connectivity index (χ1v) is 2.95. The van der Waals surface area contributed by atoms with Gasteiger partial charge in [0.15, 0.2) is 0 Å². The minimum atomic E-state index is -0.705. The van der Waals surface area contributed by atoms with Gasteiger partial charge in [0.2, 0.25) is 13.7 Å². The summed E-state index contributed by atoms with van der Waals surface area (Å²) in [5.74, 6) is 0.0191. The molecule has 0 saturated heterocycles. The topological polar surface area (TPSA) is 26.3 Å². The summed E-state index contributed by atoms with van der Waals surface area (Å²) < 4.78 is 4.61. The largest absolute Gasteiger partial charge is 0.440 e. The molecule has 9 heavy (non-hydrogen) atoms. The fourth-order valence-electron chi connectivity index (χ4n) is 0.863. The van der Waals surface area contributed by atoms with E-state index in [4.69, 9.17) is 7.85 Å². The Balaban J connectivity index is 2.35. The zero-order valence-electron chi connectivity index (χ0n) is 5.09. The van der Waals surface area contributed by atoms with Gasteiger partial charge in [-0.1, -0.05) is 0 Å². The van der Waals surface area contributed by atoms with E-state index in [0.717, 1.165) is 25.0 Å². The molecule has 0 heterocycles. The van der Waals surface area contributed by atoms with Crippen molar-refractivity contribution in [1.29, 1.82) is 0 Å². The lowest BCUT2D eigenvalue weighted by atomic mass is 10.2. The molecule has 46 valence electrons. The number of hydrogen-bond donors (Lipinski definition) is 0. The monoisotopic (exact) mass is 122 g/mol. The van der Waals surface area contributed by atoms with Crippen molar-refractivity contribution >= 4 is 13.7 Å². The maximum Gasteiger partial charge on any atom is 0.240 e. The molecule has 3 heteroatoms. The molecule has 0 atom stereocenters. The van der Waals surface area contributed by atoms with Crippen LogP contribution in [0.2, 0.25) is 0 Å². The fraction of sp³-hybridized carbons (Fsp3) is 0.500. The summed E-state index contributed by atoms with van der Waals surface area (Å²) in [6.45, 7) is 0. The van der Waals surface area contributed by atoms with Crippen LogP contribution >= 0.6 is 0 Å². The Bertz CT molecular complexity index is 151. The van der Waals surface area contributed by atoms with Gasteiger partial charge in [0.1, 0.15) is 5.76 Å². The minimum absolute atomic E-state index is 0.705. The van der Waals surface area contributed by atoms with E-state index in [1.54, 1.807) is 0 Å². The quantitative estimate of drug-likeness (QED) is 0.490. The third-order valence-corrected chi connectivity index (χ3v) is 1.23. The highest BCUT2D eigenvalue weighted by molar-refractivity contribution is 6.55. The van der Waals surface area contributed by atoms with Gasteiger partial charge in [-0.3, -0.25) is 4.79 Å². The molecule has 0 amide bonds. The van der Waals surface area contributed by atoms with E-state index >= 15 is 0 Å². The van der Waals surface area contributed by atoms with Crippen molar-refractivity contribution in [2.24, 2.45) is 0 Å². The third kappa shape index (κ3) is 1.92. The smallest absolute Gasteiger partial charge is 0.240 e. The first-order chi connectivity index (χ1) is 4.29. The van der Waals surface area contributed by atoms with Crippen molar-refractivity contribution in [1.82, 2.24) is 0 Å². The Kier molecular flexibility index (Phi) is 1.93. The van der Waals surface area contributed by atoms with E-state index in [2.05, 4.69) is 4.74 Å². The Morgan fingerprint density at radius 3 is 3.00 bits per heavy atom. The maximum atomic E-state index is 10.1. The molecule has 1 aliphatic carbocycles. The zero-order valence-corrected chi connectivity index (χ0v) is 5.09. The molecule has 0 aliphatic heterocycles. The van der Waals surface area contributed by atoms with E-state index in [0.29, 0.717) is 0 Å². The SMILES string of the molecule is [B]C(=O)OC1=CCCC1. The van der Waals surface area contributed by atoms with Crippen LogP contribution in [0, 0.1) is 0 Å². The van der Waals surface area contributed by atoms with Gasteiger partial charge < -0.3 is 4.74 Å². The summed E-state index contributed by atoms with van der Waals surface area (Å²) in [5, 5.41) is 0. The Labute approximate surface area is 55.3 Å². The maximum absolute atomic E-state index is 10.1. The van der Waals surface area contributed by atoms with Crippen molar-refractivity contribution < 1.29 is 9.53 Å². The van der Waals surface area contributed by atoms with Crippen LogP contribution in [-0.2, 0) is 4.74 Å². The highest BCUT2D eigenvalue weighted by atomic mass is 16.5. The second kappa shape index (κ2) is 2.71. The number of ether oxygens (including phenoxy) is 1. The highest BCUT2D eigenvalue weighted by Gasteiger charge is 2.06. The molecule has 0 aromatic rings. The molecule has 2 nitrogen and oxygen atoms in total. The number of carbonyl (C=O) groups excluding carboxylic acids is 1.